The predicted octanol–water partition coefficient (Wildman–Crippen LogP) is 0.468. The van der Waals surface area contributed by atoms with E-state index in [1.54, 1.807) is 11.0 Å². The molecule has 2 saturated heterocycles. The maximum atomic E-state index is 13.0. The van der Waals surface area contributed by atoms with Gasteiger partial charge in [-0.25, -0.2) is 0 Å². The van der Waals surface area contributed by atoms with Crippen LogP contribution >= 0.6 is 0 Å². The van der Waals surface area contributed by atoms with Gasteiger partial charge in [0.05, 0.1) is 5.60 Å². The molecule has 28 heavy (non-hydrogen) atoms. The van der Waals surface area contributed by atoms with Crippen molar-refractivity contribution < 1.29 is 9.90 Å². The first-order valence-corrected chi connectivity index (χ1v) is 10.6. The van der Waals surface area contributed by atoms with Gasteiger partial charge in [-0.2, -0.15) is 0 Å². The maximum absolute atomic E-state index is 13.0. The van der Waals surface area contributed by atoms with Gasteiger partial charge in [-0.05, 0) is 57.2 Å². The number of likely N-dealkylation sites (tertiary alicyclic amines) is 1. The van der Waals surface area contributed by atoms with E-state index in [0.717, 1.165) is 63.1 Å². The Hall–Kier alpha value is -1.70. The van der Waals surface area contributed by atoms with Gasteiger partial charge in [0.15, 0.2) is 0 Å². The van der Waals surface area contributed by atoms with Crippen LogP contribution in [-0.2, 0) is 12.8 Å². The van der Waals surface area contributed by atoms with Gasteiger partial charge in [0.1, 0.15) is 5.56 Å². The molecule has 0 unspecified atom stereocenters. The van der Waals surface area contributed by atoms with E-state index in [-0.39, 0.29) is 17.0 Å². The third-order valence-corrected chi connectivity index (χ3v) is 6.64. The summed E-state index contributed by atoms with van der Waals surface area (Å²) in [4.78, 5) is 34.7. The number of H-pyrrole nitrogens is 1. The van der Waals surface area contributed by atoms with E-state index in [4.69, 9.17) is 0 Å². The number of amides is 1. The highest BCUT2D eigenvalue weighted by Gasteiger charge is 2.34. The van der Waals surface area contributed by atoms with Crippen LogP contribution in [0.15, 0.2) is 10.9 Å². The molecule has 0 aromatic carbocycles. The lowest BCUT2D eigenvalue weighted by molar-refractivity contribution is -0.0179. The topological polar surface area (TPSA) is 79.9 Å². The number of aryl methyl sites for hydroxylation is 2. The molecule has 0 saturated carbocycles. The average molecular weight is 389 g/mol. The number of piperazine rings is 1. The Morgan fingerprint density at radius 2 is 1.89 bits per heavy atom. The van der Waals surface area contributed by atoms with Crippen molar-refractivity contribution in [1.82, 2.24) is 19.7 Å². The SMILES string of the molecule is CN1CCN(C[C@@]2(O)CCCN(C(=O)c3cc4c([nH]c3=O)CCC4)CC2)CC1. The van der Waals surface area contributed by atoms with Crippen LogP contribution in [-0.4, -0.2) is 89.2 Å². The van der Waals surface area contributed by atoms with Gasteiger partial charge >= 0.3 is 0 Å². The van der Waals surface area contributed by atoms with Gasteiger partial charge in [-0.15, -0.1) is 0 Å². The fourth-order valence-electron chi connectivity index (χ4n) is 4.80. The minimum Gasteiger partial charge on any atom is -0.388 e. The second kappa shape index (κ2) is 7.97. The van der Waals surface area contributed by atoms with E-state index in [0.29, 0.717) is 32.5 Å². The van der Waals surface area contributed by atoms with E-state index in [2.05, 4.69) is 21.8 Å². The molecule has 7 heteroatoms. The Labute approximate surface area is 166 Å². The van der Waals surface area contributed by atoms with Crippen LogP contribution in [0.3, 0.4) is 0 Å². The van der Waals surface area contributed by atoms with Gasteiger partial charge in [-0.1, -0.05) is 0 Å². The normalized spacial score (nSPS) is 26.9. The highest BCUT2D eigenvalue weighted by Crippen LogP contribution is 2.25. The lowest BCUT2D eigenvalue weighted by Gasteiger charge is -2.38. The van der Waals surface area contributed by atoms with E-state index in [1.165, 1.54) is 0 Å². The number of nitrogens with one attached hydrogen (secondary N) is 1. The number of pyridine rings is 1. The number of hydrogen-bond acceptors (Lipinski definition) is 5. The monoisotopic (exact) mass is 388 g/mol. The van der Waals surface area contributed by atoms with Crippen LogP contribution in [0.2, 0.25) is 0 Å². The fourth-order valence-corrected chi connectivity index (χ4v) is 4.80. The van der Waals surface area contributed by atoms with Crippen LogP contribution in [0.25, 0.3) is 0 Å². The molecule has 2 aliphatic heterocycles. The molecule has 2 N–H and O–H groups in total. The molecule has 0 radical (unpaired) electrons. The number of aromatic amines is 1. The summed E-state index contributed by atoms with van der Waals surface area (Å²) in [6, 6.07) is 1.80. The molecular formula is C21H32N4O3. The smallest absolute Gasteiger partial charge is 0.261 e. The molecule has 4 rings (SSSR count). The first-order valence-electron chi connectivity index (χ1n) is 10.6. The molecule has 1 aromatic rings. The van der Waals surface area contributed by atoms with Crippen molar-refractivity contribution >= 4 is 5.91 Å². The molecular weight excluding hydrogens is 356 g/mol. The number of nitrogens with zero attached hydrogens (tertiary/aromatic N) is 3. The van der Waals surface area contributed by atoms with E-state index < -0.39 is 5.60 Å². The quantitative estimate of drug-likeness (QED) is 0.787. The van der Waals surface area contributed by atoms with Crippen molar-refractivity contribution in [3.05, 3.63) is 33.2 Å². The summed E-state index contributed by atoms with van der Waals surface area (Å²) in [7, 11) is 2.13. The summed E-state index contributed by atoms with van der Waals surface area (Å²) in [5.41, 5.74) is 1.31. The van der Waals surface area contributed by atoms with Crippen molar-refractivity contribution in [2.45, 2.75) is 44.1 Å². The van der Waals surface area contributed by atoms with Crippen LogP contribution < -0.4 is 5.56 Å². The molecule has 1 amide bonds. The van der Waals surface area contributed by atoms with Crippen LogP contribution in [0.5, 0.6) is 0 Å². The first kappa shape index (κ1) is 19.6. The average Bonchev–Trinajstić information content (AvgIpc) is 3.03. The minimum absolute atomic E-state index is 0.195. The van der Waals surface area contributed by atoms with Crippen LogP contribution in [0, 0.1) is 0 Å². The number of carbonyl (C=O) groups excluding carboxylic acids is 1. The molecule has 154 valence electrons. The van der Waals surface area contributed by atoms with E-state index in [1.807, 2.05) is 0 Å². The van der Waals surface area contributed by atoms with Crippen LogP contribution in [0.1, 0.15) is 47.3 Å². The molecule has 2 fully saturated rings. The first-order chi connectivity index (χ1) is 13.4. The highest BCUT2D eigenvalue weighted by molar-refractivity contribution is 5.94. The number of fused-ring (bicyclic) bond motifs is 1. The molecule has 7 nitrogen and oxygen atoms in total. The Bertz CT molecular complexity index is 784. The molecule has 1 atom stereocenters. The van der Waals surface area contributed by atoms with Crippen LogP contribution in [0.4, 0.5) is 0 Å². The van der Waals surface area contributed by atoms with Gasteiger partial charge in [0.2, 0.25) is 0 Å². The largest absolute Gasteiger partial charge is 0.388 e. The highest BCUT2D eigenvalue weighted by atomic mass is 16.3. The zero-order chi connectivity index (χ0) is 19.7. The molecule has 3 heterocycles. The number of aromatic nitrogens is 1. The van der Waals surface area contributed by atoms with Crippen molar-refractivity contribution in [3.8, 4) is 0 Å². The van der Waals surface area contributed by atoms with Gasteiger partial charge in [0, 0.05) is 51.5 Å². The summed E-state index contributed by atoms with van der Waals surface area (Å²) in [5.74, 6) is -0.195. The molecule has 0 spiro atoms. The summed E-state index contributed by atoms with van der Waals surface area (Å²) in [6.45, 7) is 5.78. The van der Waals surface area contributed by atoms with Crippen molar-refractivity contribution in [2.24, 2.45) is 0 Å². The third-order valence-electron chi connectivity index (χ3n) is 6.64. The maximum Gasteiger partial charge on any atom is 0.261 e. The van der Waals surface area contributed by atoms with Crippen molar-refractivity contribution in [2.75, 3.05) is 52.9 Å². The standard InChI is InChI=1S/C21H32N4O3/c1-23-10-12-24(13-11-23)15-21(28)6-3-8-25(9-7-21)20(27)17-14-16-4-2-5-18(16)22-19(17)26/h14,28H,2-13,15H2,1H3,(H,22,26)/t21-/m1/s1. The molecule has 1 aliphatic carbocycles. The zero-order valence-corrected chi connectivity index (χ0v) is 16.9. The van der Waals surface area contributed by atoms with Gasteiger partial charge in [-0.3, -0.25) is 14.5 Å². The Morgan fingerprint density at radius 3 is 2.68 bits per heavy atom. The number of hydrogen-bond donors (Lipinski definition) is 2. The predicted molar refractivity (Wildman–Crippen MR) is 108 cm³/mol. The van der Waals surface area contributed by atoms with Gasteiger partial charge < -0.3 is 19.9 Å². The number of aliphatic hydroxyl groups is 1. The third kappa shape index (κ3) is 4.16. The summed E-state index contributed by atoms with van der Waals surface area (Å²) in [6.07, 6.45) is 4.88. The Kier molecular flexibility index (Phi) is 5.58. The number of rotatable bonds is 3. The molecule has 3 aliphatic rings. The summed E-state index contributed by atoms with van der Waals surface area (Å²) >= 11 is 0. The number of carbonyl (C=O) groups is 1. The Morgan fingerprint density at radius 1 is 1.11 bits per heavy atom. The molecule has 1 aromatic heterocycles. The zero-order valence-electron chi connectivity index (χ0n) is 16.9. The lowest BCUT2D eigenvalue weighted by atomic mass is 9.94. The van der Waals surface area contributed by atoms with Crippen molar-refractivity contribution in [1.29, 1.82) is 0 Å². The summed E-state index contributed by atoms with van der Waals surface area (Å²) < 4.78 is 0. The van der Waals surface area contributed by atoms with E-state index >= 15 is 0 Å². The second-order valence-electron chi connectivity index (χ2n) is 8.82. The lowest BCUT2D eigenvalue weighted by Crippen LogP contribution is -2.51. The fraction of sp³-hybridized carbons (Fsp3) is 0.714. The Balaban J connectivity index is 1.41. The van der Waals surface area contributed by atoms with E-state index in [9.17, 15) is 14.7 Å². The minimum atomic E-state index is -0.755. The number of β-amino-alcohol motifs (C(OH)–C–C–N with tert-alkyl or cyclic N) is 1. The van der Waals surface area contributed by atoms with Gasteiger partial charge in [0.25, 0.3) is 11.5 Å². The summed E-state index contributed by atoms with van der Waals surface area (Å²) in [5, 5.41) is 11.2. The van der Waals surface area contributed by atoms with Crippen molar-refractivity contribution in [3.63, 3.8) is 0 Å². The number of likely N-dealkylation sites (N-methyl/N-ethyl adjacent to an activating group) is 1. The molecule has 0 bridgehead atoms. The second-order valence-corrected chi connectivity index (χ2v) is 8.82.